The van der Waals surface area contributed by atoms with E-state index in [0.717, 1.165) is 24.3 Å². The Morgan fingerprint density at radius 2 is 1.34 bits per heavy atom. The minimum atomic E-state index is -4.65. The summed E-state index contributed by atoms with van der Waals surface area (Å²) in [4.78, 5) is 0. The summed E-state index contributed by atoms with van der Waals surface area (Å²) in [6.45, 7) is 31.2. The van der Waals surface area contributed by atoms with Crippen LogP contribution in [0.1, 0.15) is 90.0 Å². The van der Waals surface area contributed by atoms with Gasteiger partial charge in [-0.3, -0.25) is 0 Å². The predicted molar refractivity (Wildman–Crippen MR) is 177 cm³/mol. The Hall–Kier alpha value is -3.23. The van der Waals surface area contributed by atoms with Gasteiger partial charge in [0.25, 0.3) is 0 Å². The fourth-order valence-corrected chi connectivity index (χ4v) is 3.68. The number of ether oxygens (including phenoxy) is 1. The van der Waals surface area contributed by atoms with Crippen LogP contribution in [0, 0.1) is 19.8 Å². The summed E-state index contributed by atoms with van der Waals surface area (Å²) < 4.78 is 40.6. The summed E-state index contributed by atoms with van der Waals surface area (Å²) >= 11 is 0. The monoisotopic (exact) mass is 572 g/mol. The standard InChI is InChI=1S/C21H19F3O.C7H16.C3H4.2C2H6.C2H4/c1-14-3-8-17-9-4-15(2)19(20(17)13-14)12-7-16-5-10-18(11-6-16)25-21(22,23)24;1-4-5-6-7(2)3;1-3-2;3*1-2/h3-6,8-11,13H,7,12H2,1-2H3;7H,4-6H2,1-3H3;1-2H2;2*1-2H3;1-2H2. The summed E-state index contributed by atoms with van der Waals surface area (Å²) in [6, 6.07) is 16.8. The lowest BCUT2D eigenvalue weighted by Crippen LogP contribution is -2.17. The van der Waals surface area contributed by atoms with Crippen LogP contribution in [0.4, 0.5) is 13.2 Å². The Bertz CT molecular complexity index is 1070. The van der Waals surface area contributed by atoms with Crippen molar-refractivity contribution in [1.82, 2.24) is 0 Å². The van der Waals surface area contributed by atoms with Crippen LogP contribution in [-0.4, -0.2) is 6.36 Å². The highest BCUT2D eigenvalue weighted by atomic mass is 19.4. The maximum absolute atomic E-state index is 12.2. The van der Waals surface area contributed by atoms with Crippen molar-refractivity contribution < 1.29 is 17.9 Å². The van der Waals surface area contributed by atoms with Crippen LogP contribution in [0.2, 0.25) is 0 Å². The summed E-state index contributed by atoms with van der Waals surface area (Å²) in [6.07, 6.45) is 1.10. The second-order valence-electron chi connectivity index (χ2n) is 9.06. The fourth-order valence-electron chi connectivity index (χ4n) is 3.68. The van der Waals surface area contributed by atoms with Crippen molar-refractivity contribution in [3.05, 3.63) is 109 Å². The molecule has 3 aromatic rings. The molecule has 0 bridgehead atoms. The Labute approximate surface area is 249 Å². The molecule has 0 amide bonds. The van der Waals surface area contributed by atoms with Crippen LogP contribution in [-0.2, 0) is 12.8 Å². The average molecular weight is 573 g/mol. The number of alkyl halides is 3. The highest BCUT2D eigenvalue weighted by Crippen LogP contribution is 2.26. The van der Waals surface area contributed by atoms with E-state index >= 15 is 0 Å². The van der Waals surface area contributed by atoms with Gasteiger partial charge in [-0.05, 0) is 72.2 Å². The first-order chi connectivity index (χ1) is 19.5. The summed E-state index contributed by atoms with van der Waals surface area (Å²) in [7, 11) is 0. The maximum atomic E-state index is 12.2. The summed E-state index contributed by atoms with van der Waals surface area (Å²) in [5, 5.41) is 2.46. The van der Waals surface area contributed by atoms with Crippen molar-refractivity contribution in [2.75, 3.05) is 0 Å². The molecular weight excluding hydrogens is 517 g/mol. The van der Waals surface area contributed by atoms with Crippen LogP contribution in [0.3, 0.4) is 0 Å². The molecule has 0 aliphatic carbocycles. The van der Waals surface area contributed by atoms with E-state index in [1.165, 1.54) is 58.9 Å². The Morgan fingerprint density at radius 1 is 0.829 bits per heavy atom. The first-order valence-corrected chi connectivity index (χ1v) is 14.6. The van der Waals surface area contributed by atoms with Crippen molar-refractivity contribution in [2.24, 2.45) is 5.92 Å². The third-order valence-electron chi connectivity index (χ3n) is 5.48. The number of benzene rings is 3. The van der Waals surface area contributed by atoms with Gasteiger partial charge >= 0.3 is 6.36 Å². The zero-order chi connectivity index (χ0) is 32.4. The minimum absolute atomic E-state index is 0.187. The van der Waals surface area contributed by atoms with Gasteiger partial charge in [0.1, 0.15) is 5.75 Å². The van der Waals surface area contributed by atoms with Gasteiger partial charge in [0.05, 0.1) is 0 Å². The zero-order valence-electron chi connectivity index (χ0n) is 27.2. The van der Waals surface area contributed by atoms with Crippen molar-refractivity contribution in [3.8, 4) is 5.75 Å². The molecule has 3 aromatic carbocycles. The van der Waals surface area contributed by atoms with E-state index in [1.807, 2.05) is 27.7 Å². The van der Waals surface area contributed by atoms with E-state index in [2.05, 4.69) is 102 Å². The lowest BCUT2D eigenvalue weighted by molar-refractivity contribution is -0.274. The lowest BCUT2D eigenvalue weighted by atomic mass is 9.93. The molecule has 1 nitrogen and oxygen atoms in total. The zero-order valence-corrected chi connectivity index (χ0v) is 27.2. The number of hydrogen-bond acceptors (Lipinski definition) is 1. The highest BCUT2D eigenvalue weighted by molar-refractivity contribution is 5.87. The van der Waals surface area contributed by atoms with Crippen molar-refractivity contribution in [1.29, 1.82) is 0 Å². The molecule has 230 valence electrons. The molecule has 0 aliphatic rings. The first kappa shape index (κ1) is 42.2. The van der Waals surface area contributed by atoms with E-state index in [4.69, 9.17) is 0 Å². The van der Waals surface area contributed by atoms with Gasteiger partial charge < -0.3 is 4.74 Å². The number of rotatable bonds is 7. The molecule has 0 aliphatic heterocycles. The van der Waals surface area contributed by atoms with Crippen molar-refractivity contribution in [3.63, 3.8) is 0 Å². The minimum Gasteiger partial charge on any atom is -0.406 e. The summed E-state index contributed by atoms with van der Waals surface area (Å²) in [5.74, 6) is 0.716. The molecule has 0 atom stereocenters. The van der Waals surface area contributed by atoms with Gasteiger partial charge in [0.15, 0.2) is 0 Å². The normalized spacial score (nSPS) is 9.49. The van der Waals surface area contributed by atoms with Gasteiger partial charge in [-0.1, -0.05) is 129 Å². The van der Waals surface area contributed by atoms with Crippen LogP contribution < -0.4 is 4.74 Å². The van der Waals surface area contributed by atoms with Gasteiger partial charge in [-0.2, -0.15) is 0 Å². The number of fused-ring (bicyclic) bond motifs is 1. The highest BCUT2D eigenvalue weighted by Gasteiger charge is 2.30. The number of aryl methyl sites for hydroxylation is 4. The molecule has 3 rings (SSSR count). The third-order valence-corrected chi connectivity index (χ3v) is 5.48. The Kier molecular flexibility index (Phi) is 26.5. The smallest absolute Gasteiger partial charge is 0.406 e. The molecule has 0 aromatic heterocycles. The second kappa shape index (κ2) is 25.7. The number of unbranched alkanes of at least 4 members (excludes halogenated alkanes) is 1. The topological polar surface area (TPSA) is 9.23 Å². The Morgan fingerprint density at radius 3 is 1.78 bits per heavy atom. The molecule has 0 saturated carbocycles. The molecule has 0 fully saturated rings. The molecule has 0 saturated heterocycles. The third kappa shape index (κ3) is 20.3. The van der Waals surface area contributed by atoms with Crippen LogP contribution in [0.25, 0.3) is 10.8 Å². The molecule has 0 radical (unpaired) electrons. The molecule has 0 heterocycles. The van der Waals surface area contributed by atoms with E-state index in [1.54, 1.807) is 12.1 Å². The molecule has 0 unspecified atom stereocenters. The maximum Gasteiger partial charge on any atom is 0.573 e. The molecule has 4 heteroatoms. The lowest BCUT2D eigenvalue weighted by Gasteiger charge is -2.12. The molecular formula is C37H55F3O. The van der Waals surface area contributed by atoms with Crippen molar-refractivity contribution >= 4 is 10.8 Å². The van der Waals surface area contributed by atoms with E-state index < -0.39 is 6.36 Å². The van der Waals surface area contributed by atoms with Gasteiger partial charge in [0.2, 0.25) is 0 Å². The molecule has 0 N–H and O–H groups in total. The van der Waals surface area contributed by atoms with Crippen LogP contribution in [0.15, 0.2) is 86.6 Å². The van der Waals surface area contributed by atoms with E-state index in [-0.39, 0.29) is 5.75 Å². The van der Waals surface area contributed by atoms with Gasteiger partial charge in [-0.15, -0.1) is 32.1 Å². The summed E-state index contributed by atoms with van der Waals surface area (Å²) in [5.41, 5.74) is 6.97. The van der Waals surface area contributed by atoms with Crippen LogP contribution in [0.5, 0.6) is 5.75 Å². The van der Waals surface area contributed by atoms with E-state index in [9.17, 15) is 13.2 Å². The predicted octanol–water partition coefficient (Wildman–Crippen LogP) is 12.8. The second-order valence-corrected chi connectivity index (χ2v) is 9.06. The SMILES string of the molecule is C=C.C=C=C.CC.CC.CCCCC(C)C.Cc1ccc2ccc(C)c(CCc3ccc(OC(F)(F)F)cc3)c2c1. The van der Waals surface area contributed by atoms with Crippen molar-refractivity contribution in [2.45, 2.75) is 101 Å². The molecule has 0 spiro atoms. The fraction of sp³-hybridized carbons (Fsp3) is 0.432. The number of hydrogen-bond donors (Lipinski definition) is 0. The van der Waals surface area contributed by atoms with Gasteiger partial charge in [0, 0.05) is 0 Å². The van der Waals surface area contributed by atoms with E-state index in [0.29, 0.717) is 0 Å². The quantitative estimate of drug-likeness (QED) is 0.202. The molecule has 41 heavy (non-hydrogen) atoms. The first-order valence-electron chi connectivity index (χ1n) is 14.6. The Balaban J connectivity index is -0.000000758. The van der Waals surface area contributed by atoms with Crippen LogP contribution >= 0.6 is 0 Å². The van der Waals surface area contributed by atoms with Gasteiger partial charge in [-0.25, -0.2) is 0 Å². The largest absolute Gasteiger partial charge is 0.573 e. The number of halogens is 3. The average Bonchev–Trinajstić information content (AvgIpc) is 2.95.